The smallest absolute Gasteiger partial charge is 0.337 e. The summed E-state index contributed by atoms with van der Waals surface area (Å²) in [5.41, 5.74) is 2.19. The lowest BCUT2D eigenvalue weighted by Crippen LogP contribution is -2.31. The largest absolute Gasteiger partial charge is 0.490 e. The van der Waals surface area contributed by atoms with Crippen molar-refractivity contribution in [2.75, 3.05) is 20.2 Å². The number of likely N-dealkylation sites (tertiary alicyclic amines) is 1. The monoisotopic (exact) mass is 423 g/mol. The van der Waals surface area contributed by atoms with Crippen LogP contribution in [-0.4, -0.2) is 55.8 Å². The highest BCUT2D eigenvalue weighted by atomic mass is 35.5. The molecule has 3 heterocycles. The van der Waals surface area contributed by atoms with Crippen LogP contribution in [0.4, 0.5) is 0 Å². The molecular formula is C22H22ClN5O2. The quantitative estimate of drug-likeness (QED) is 0.527. The van der Waals surface area contributed by atoms with Crippen molar-refractivity contribution in [3.05, 3.63) is 58.9 Å². The fraction of sp³-hybridized carbons (Fsp3) is 0.318. The number of benzene rings is 2. The molecular weight excluding hydrogens is 402 g/mol. The van der Waals surface area contributed by atoms with Crippen LogP contribution in [0.25, 0.3) is 16.4 Å². The molecule has 1 unspecified atom stereocenters. The molecule has 2 aromatic carbocycles. The summed E-state index contributed by atoms with van der Waals surface area (Å²) in [5.74, 6) is -0.193. The van der Waals surface area contributed by atoms with E-state index in [0.29, 0.717) is 29.7 Å². The molecule has 5 rings (SSSR count). The van der Waals surface area contributed by atoms with Crippen molar-refractivity contribution in [1.29, 1.82) is 0 Å². The average Bonchev–Trinajstić information content (AvgIpc) is 3.33. The number of hydrogen-bond acceptors (Lipinski definition) is 6. The summed E-state index contributed by atoms with van der Waals surface area (Å²) in [6, 6.07) is 12.5. The van der Waals surface area contributed by atoms with Gasteiger partial charge in [-0.05, 0) is 43.5 Å². The fourth-order valence-electron chi connectivity index (χ4n) is 4.15. The van der Waals surface area contributed by atoms with Crippen LogP contribution in [0.2, 0.25) is 5.02 Å². The van der Waals surface area contributed by atoms with Crippen LogP contribution < -0.4 is 4.74 Å². The summed E-state index contributed by atoms with van der Waals surface area (Å²) in [7, 11) is 2.09. The molecule has 0 saturated carbocycles. The lowest BCUT2D eigenvalue weighted by atomic mass is 10.0. The molecule has 0 bridgehead atoms. The first-order valence-corrected chi connectivity index (χ1v) is 10.4. The molecule has 0 aliphatic carbocycles. The summed E-state index contributed by atoms with van der Waals surface area (Å²) in [5, 5.41) is 17.6. The minimum atomic E-state index is -0.193. The van der Waals surface area contributed by atoms with Crippen LogP contribution >= 0.6 is 11.6 Å². The second-order valence-electron chi connectivity index (χ2n) is 7.72. The third-order valence-electron chi connectivity index (χ3n) is 5.78. The predicted molar refractivity (Wildman–Crippen MR) is 115 cm³/mol. The van der Waals surface area contributed by atoms with Gasteiger partial charge < -0.3 is 14.7 Å². The summed E-state index contributed by atoms with van der Waals surface area (Å²) in [6.45, 7) is 1.56. The molecule has 154 valence electrons. The second-order valence-corrected chi connectivity index (χ2v) is 8.13. The van der Waals surface area contributed by atoms with Crippen LogP contribution in [0.3, 0.4) is 0 Å². The Morgan fingerprint density at radius 2 is 2.07 bits per heavy atom. The van der Waals surface area contributed by atoms with Crippen LogP contribution in [0, 0.1) is 0 Å². The number of fused-ring (bicyclic) bond motifs is 2. The van der Waals surface area contributed by atoms with Gasteiger partial charge in [0.15, 0.2) is 0 Å². The summed E-state index contributed by atoms with van der Waals surface area (Å²) < 4.78 is 7.42. The number of aromatic nitrogens is 4. The van der Waals surface area contributed by atoms with Gasteiger partial charge in [-0.3, -0.25) is 0 Å². The Morgan fingerprint density at radius 3 is 2.87 bits per heavy atom. The molecule has 0 spiro atoms. The molecule has 7 nitrogen and oxygen atoms in total. The topological polar surface area (TPSA) is 75.8 Å². The van der Waals surface area contributed by atoms with Crippen molar-refractivity contribution < 1.29 is 9.84 Å². The molecule has 8 heteroatoms. The number of nitrogens with zero attached hydrogens (tertiary/aromatic N) is 5. The van der Waals surface area contributed by atoms with Crippen LogP contribution in [-0.2, 0) is 6.42 Å². The summed E-state index contributed by atoms with van der Waals surface area (Å²) >= 11 is 6.47. The SMILES string of the molecule is CN1CCCC1COc1nc(O)c2ncc(Cc3cccc4cccc(Cl)c34)n2n1. The highest BCUT2D eigenvalue weighted by Gasteiger charge is 2.22. The highest BCUT2D eigenvalue weighted by molar-refractivity contribution is 6.35. The van der Waals surface area contributed by atoms with E-state index in [4.69, 9.17) is 16.3 Å². The molecule has 30 heavy (non-hydrogen) atoms. The van der Waals surface area contributed by atoms with E-state index >= 15 is 0 Å². The second kappa shape index (κ2) is 7.74. The number of likely N-dealkylation sites (N-methyl/N-ethyl adjacent to an activating group) is 1. The lowest BCUT2D eigenvalue weighted by molar-refractivity contribution is 0.184. The van der Waals surface area contributed by atoms with E-state index in [1.165, 1.54) is 0 Å². The maximum Gasteiger partial charge on any atom is 0.337 e. The van der Waals surface area contributed by atoms with Gasteiger partial charge in [0.05, 0.1) is 11.9 Å². The highest BCUT2D eigenvalue weighted by Crippen LogP contribution is 2.29. The van der Waals surface area contributed by atoms with Gasteiger partial charge in [-0.25, -0.2) is 9.50 Å². The standard InChI is InChI=1S/C22H22ClN5O2/c1-27-10-4-8-16(27)13-30-22-25-21(29)20-24-12-17(28(20)26-22)11-15-7-2-5-14-6-3-9-18(23)19(14)15/h2-3,5-7,9,12,16H,4,8,10-11,13H2,1H3,(H,25,26,29). The van der Waals surface area contributed by atoms with Crippen molar-refractivity contribution in [3.63, 3.8) is 0 Å². The van der Waals surface area contributed by atoms with Crippen LogP contribution in [0.5, 0.6) is 11.9 Å². The Morgan fingerprint density at radius 1 is 1.23 bits per heavy atom. The number of ether oxygens (including phenoxy) is 1. The van der Waals surface area contributed by atoms with E-state index in [2.05, 4.69) is 27.0 Å². The van der Waals surface area contributed by atoms with Gasteiger partial charge in [-0.15, -0.1) is 5.10 Å². The minimum absolute atomic E-state index is 0.149. The van der Waals surface area contributed by atoms with Gasteiger partial charge in [-0.1, -0.05) is 41.9 Å². The molecule has 2 aromatic heterocycles. The maximum atomic E-state index is 10.3. The fourth-order valence-corrected chi connectivity index (χ4v) is 4.45. The summed E-state index contributed by atoms with van der Waals surface area (Å²) in [6.07, 6.45) is 4.51. The first-order valence-electron chi connectivity index (χ1n) is 10.0. The molecule has 1 N–H and O–H groups in total. The Kier molecular flexibility index (Phi) is 4.92. The van der Waals surface area contributed by atoms with E-state index in [9.17, 15) is 5.11 Å². The Hall–Kier alpha value is -2.90. The molecule has 4 aromatic rings. The number of aromatic hydroxyl groups is 1. The molecule has 1 fully saturated rings. The van der Waals surface area contributed by atoms with Crippen molar-refractivity contribution in [1.82, 2.24) is 24.5 Å². The average molecular weight is 424 g/mol. The molecule has 1 aliphatic rings. The van der Waals surface area contributed by atoms with E-state index in [-0.39, 0.29) is 11.9 Å². The molecule has 1 atom stereocenters. The van der Waals surface area contributed by atoms with Gasteiger partial charge in [0.2, 0.25) is 5.65 Å². The van der Waals surface area contributed by atoms with Crippen molar-refractivity contribution in [2.24, 2.45) is 0 Å². The normalized spacial score (nSPS) is 17.2. The molecule has 0 amide bonds. The Balaban J connectivity index is 1.48. The molecule has 1 saturated heterocycles. The first-order chi connectivity index (χ1) is 14.6. The zero-order valence-corrected chi connectivity index (χ0v) is 17.4. The third kappa shape index (κ3) is 3.44. The predicted octanol–water partition coefficient (Wildman–Crippen LogP) is 3.70. The Labute approximate surface area is 178 Å². The zero-order valence-electron chi connectivity index (χ0n) is 16.6. The van der Waals surface area contributed by atoms with Gasteiger partial charge in [0, 0.05) is 22.9 Å². The molecule has 0 radical (unpaired) electrons. The lowest BCUT2D eigenvalue weighted by Gasteiger charge is -2.18. The van der Waals surface area contributed by atoms with E-state index in [1.54, 1.807) is 10.7 Å². The van der Waals surface area contributed by atoms with E-state index < -0.39 is 0 Å². The number of halogens is 1. The van der Waals surface area contributed by atoms with E-state index in [1.807, 2.05) is 36.4 Å². The third-order valence-corrected chi connectivity index (χ3v) is 6.10. The van der Waals surface area contributed by atoms with Crippen LogP contribution in [0.15, 0.2) is 42.6 Å². The molecule has 1 aliphatic heterocycles. The van der Waals surface area contributed by atoms with Crippen molar-refractivity contribution >= 4 is 28.0 Å². The van der Waals surface area contributed by atoms with Gasteiger partial charge in [0.1, 0.15) is 6.61 Å². The minimum Gasteiger partial charge on any atom is -0.490 e. The first kappa shape index (κ1) is 19.1. The number of rotatable bonds is 5. The number of hydrogen-bond donors (Lipinski definition) is 1. The van der Waals surface area contributed by atoms with Gasteiger partial charge >= 0.3 is 6.01 Å². The van der Waals surface area contributed by atoms with Crippen molar-refractivity contribution in [3.8, 4) is 11.9 Å². The van der Waals surface area contributed by atoms with Gasteiger partial charge in [0.25, 0.3) is 5.88 Å². The van der Waals surface area contributed by atoms with E-state index in [0.717, 1.165) is 41.4 Å². The summed E-state index contributed by atoms with van der Waals surface area (Å²) in [4.78, 5) is 10.6. The van der Waals surface area contributed by atoms with Crippen LogP contribution in [0.1, 0.15) is 24.1 Å². The zero-order chi connectivity index (χ0) is 20.7. The van der Waals surface area contributed by atoms with Gasteiger partial charge in [-0.2, -0.15) is 4.98 Å². The maximum absolute atomic E-state index is 10.3. The van der Waals surface area contributed by atoms with Crippen molar-refractivity contribution in [2.45, 2.75) is 25.3 Å². The Bertz CT molecular complexity index is 1220. The number of imidazole rings is 1.